The molecule has 0 aliphatic carbocycles. The van der Waals surface area contributed by atoms with E-state index in [1.54, 1.807) is 0 Å². The molecule has 2 aromatic rings. The molecule has 1 aliphatic rings. The normalized spacial score (nSPS) is 13.8. The minimum absolute atomic E-state index is 0. The van der Waals surface area contributed by atoms with Gasteiger partial charge in [-0.1, -0.05) is 35.9 Å². The summed E-state index contributed by atoms with van der Waals surface area (Å²) in [4.78, 5) is 28.7. The van der Waals surface area contributed by atoms with Gasteiger partial charge < -0.3 is 15.5 Å². The van der Waals surface area contributed by atoms with Crippen molar-refractivity contribution in [3.63, 3.8) is 0 Å². The van der Waals surface area contributed by atoms with E-state index in [0.717, 1.165) is 16.8 Å². The van der Waals surface area contributed by atoms with Crippen LogP contribution in [-0.4, -0.2) is 47.8 Å². The topological polar surface area (TPSA) is 66.6 Å². The van der Waals surface area contributed by atoms with Gasteiger partial charge in [-0.3, -0.25) is 9.59 Å². The van der Waals surface area contributed by atoms with E-state index in [1.165, 1.54) is 0 Å². The molecule has 1 fully saturated rings. The van der Waals surface area contributed by atoms with Gasteiger partial charge >= 0.3 is 0 Å². The average Bonchev–Trinajstić information content (AvgIpc) is 2.67. The van der Waals surface area contributed by atoms with Crippen LogP contribution >= 0.6 is 12.4 Å². The number of nitrogens with two attached hydrogens (primary N) is 1. The number of benzene rings is 2. The van der Waals surface area contributed by atoms with Crippen LogP contribution in [0.3, 0.4) is 0 Å². The van der Waals surface area contributed by atoms with E-state index in [9.17, 15) is 9.59 Å². The zero-order valence-electron chi connectivity index (χ0n) is 15.6. The van der Waals surface area contributed by atoms with Crippen LogP contribution in [-0.2, 0) is 11.2 Å². The summed E-state index contributed by atoms with van der Waals surface area (Å²) < 4.78 is 0. The van der Waals surface area contributed by atoms with Gasteiger partial charge in [-0.05, 0) is 37.1 Å². The number of rotatable bonds is 4. The van der Waals surface area contributed by atoms with Crippen molar-refractivity contribution < 1.29 is 9.59 Å². The van der Waals surface area contributed by atoms with Gasteiger partial charge in [0.1, 0.15) is 0 Å². The van der Waals surface area contributed by atoms with Crippen LogP contribution in [0.1, 0.15) is 27.9 Å². The number of carbonyl (C=O) groups excluding carboxylic acids is 2. The number of nitrogen functional groups attached to an aromatic ring is 1. The number of hydrogen-bond acceptors (Lipinski definition) is 3. The van der Waals surface area contributed by atoms with E-state index >= 15 is 0 Å². The molecule has 0 bridgehead atoms. The summed E-state index contributed by atoms with van der Waals surface area (Å²) in [6, 6.07) is 15.3. The number of halogens is 1. The van der Waals surface area contributed by atoms with Gasteiger partial charge in [0.05, 0.1) is 0 Å². The van der Waals surface area contributed by atoms with Gasteiger partial charge in [0.15, 0.2) is 0 Å². The number of carbonyl (C=O) groups is 2. The molecule has 6 heteroatoms. The van der Waals surface area contributed by atoms with E-state index in [2.05, 4.69) is 0 Å². The Balaban J connectivity index is 0.00000261. The maximum absolute atomic E-state index is 12.5. The fourth-order valence-electron chi connectivity index (χ4n) is 3.20. The van der Waals surface area contributed by atoms with Gasteiger partial charge in [-0.25, -0.2) is 0 Å². The average molecular weight is 388 g/mol. The number of hydrogen-bond donors (Lipinski definition) is 1. The first kappa shape index (κ1) is 20.8. The smallest absolute Gasteiger partial charge is 0.253 e. The molecule has 144 valence electrons. The Labute approximate surface area is 166 Å². The van der Waals surface area contributed by atoms with Gasteiger partial charge in [0, 0.05) is 43.9 Å². The fourth-order valence-corrected chi connectivity index (χ4v) is 3.20. The van der Waals surface area contributed by atoms with Crippen LogP contribution in [0, 0.1) is 6.92 Å². The summed E-state index contributed by atoms with van der Waals surface area (Å²) in [5.74, 6) is 0.157. The van der Waals surface area contributed by atoms with Crippen LogP contribution in [0.25, 0.3) is 0 Å². The minimum Gasteiger partial charge on any atom is -0.399 e. The van der Waals surface area contributed by atoms with Crippen LogP contribution in [0.5, 0.6) is 0 Å². The molecule has 0 atom stereocenters. The maximum atomic E-state index is 12.5. The lowest BCUT2D eigenvalue weighted by Crippen LogP contribution is -2.50. The van der Waals surface area contributed by atoms with E-state index in [0.29, 0.717) is 44.6 Å². The summed E-state index contributed by atoms with van der Waals surface area (Å²) in [5, 5.41) is 0. The summed E-state index contributed by atoms with van der Waals surface area (Å²) in [6.07, 6.45) is 1.09. The number of para-hydroxylation sites is 1. The third-order valence-corrected chi connectivity index (χ3v) is 4.88. The predicted octanol–water partition coefficient (Wildman–Crippen LogP) is 2.92. The van der Waals surface area contributed by atoms with E-state index in [-0.39, 0.29) is 24.2 Å². The molecule has 27 heavy (non-hydrogen) atoms. The van der Waals surface area contributed by atoms with Crippen LogP contribution in [0.15, 0.2) is 48.5 Å². The molecular weight excluding hydrogens is 362 g/mol. The number of aryl methyl sites for hydroxylation is 2. The van der Waals surface area contributed by atoms with Crippen molar-refractivity contribution >= 4 is 29.9 Å². The Kier molecular flexibility index (Phi) is 7.25. The van der Waals surface area contributed by atoms with Gasteiger partial charge in [0.2, 0.25) is 5.91 Å². The third-order valence-electron chi connectivity index (χ3n) is 4.88. The predicted molar refractivity (Wildman–Crippen MR) is 110 cm³/mol. The molecule has 3 rings (SSSR count). The molecule has 2 aromatic carbocycles. The first-order valence-electron chi connectivity index (χ1n) is 9.01. The summed E-state index contributed by atoms with van der Waals surface area (Å²) in [7, 11) is 0. The van der Waals surface area contributed by atoms with E-state index in [4.69, 9.17) is 5.73 Å². The number of nitrogens with zero attached hydrogens (tertiary/aromatic N) is 2. The van der Waals surface area contributed by atoms with Crippen LogP contribution in [0.2, 0.25) is 0 Å². The lowest BCUT2D eigenvalue weighted by molar-refractivity contribution is -0.132. The molecular formula is C21H26ClN3O2. The molecule has 2 N–H and O–H groups in total. The maximum Gasteiger partial charge on any atom is 0.253 e. The van der Waals surface area contributed by atoms with Crippen molar-refractivity contribution in [2.75, 3.05) is 31.9 Å². The summed E-state index contributed by atoms with van der Waals surface area (Å²) >= 11 is 0. The monoisotopic (exact) mass is 387 g/mol. The van der Waals surface area contributed by atoms with Crippen molar-refractivity contribution in [3.8, 4) is 0 Å². The highest BCUT2D eigenvalue weighted by Gasteiger charge is 2.24. The lowest BCUT2D eigenvalue weighted by Gasteiger charge is -2.35. The quantitative estimate of drug-likeness (QED) is 0.820. The molecule has 1 heterocycles. The van der Waals surface area contributed by atoms with E-state index < -0.39 is 0 Å². The Morgan fingerprint density at radius 1 is 0.926 bits per heavy atom. The van der Waals surface area contributed by atoms with Gasteiger partial charge in [0.25, 0.3) is 5.91 Å². The zero-order valence-corrected chi connectivity index (χ0v) is 16.4. The third kappa shape index (κ3) is 5.23. The summed E-state index contributed by atoms with van der Waals surface area (Å²) in [5.41, 5.74) is 9.51. The summed E-state index contributed by atoms with van der Waals surface area (Å²) in [6.45, 7) is 4.32. The Bertz CT molecular complexity index is 784. The number of piperazine rings is 1. The zero-order chi connectivity index (χ0) is 18.5. The Hall–Kier alpha value is -2.53. The highest BCUT2D eigenvalue weighted by molar-refractivity contribution is 5.94. The first-order valence-corrected chi connectivity index (χ1v) is 9.01. The van der Waals surface area contributed by atoms with Crippen molar-refractivity contribution in [2.24, 2.45) is 0 Å². The second-order valence-corrected chi connectivity index (χ2v) is 6.74. The highest BCUT2D eigenvalue weighted by Crippen LogP contribution is 2.15. The van der Waals surface area contributed by atoms with Crippen molar-refractivity contribution in [3.05, 3.63) is 65.2 Å². The standard InChI is InChI=1S/C21H25N3O2.ClH/c1-16-6-8-18(9-7-16)21(26)24-14-12-23(13-15-24)20(25)11-10-17-4-2-3-5-19(17)22;/h2-9H,10-15,22H2,1H3;1H. The van der Waals surface area contributed by atoms with Crippen molar-refractivity contribution in [2.45, 2.75) is 19.8 Å². The van der Waals surface area contributed by atoms with Crippen molar-refractivity contribution in [1.29, 1.82) is 0 Å². The molecule has 1 aliphatic heterocycles. The molecule has 0 unspecified atom stereocenters. The van der Waals surface area contributed by atoms with Crippen LogP contribution in [0.4, 0.5) is 5.69 Å². The second-order valence-electron chi connectivity index (χ2n) is 6.74. The minimum atomic E-state index is 0. The lowest BCUT2D eigenvalue weighted by atomic mass is 10.1. The molecule has 0 radical (unpaired) electrons. The molecule has 0 saturated carbocycles. The molecule has 0 spiro atoms. The first-order chi connectivity index (χ1) is 12.5. The molecule has 5 nitrogen and oxygen atoms in total. The fraction of sp³-hybridized carbons (Fsp3) is 0.333. The SMILES string of the molecule is Cc1ccc(C(=O)N2CCN(C(=O)CCc3ccccc3N)CC2)cc1.Cl. The van der Waals surface area contributed by atoms with Gasteiger partial charge in [-0.2, -0.15) is 0 Å². The molecule has 0 aromatic heterocycles. The Morgan fingerprint density at radius 3 is 2.15 bits per heavy atom. The van der Waals surface area contributed by atoms with E-state index in [1.807, 2.05) is 65.3 Å². The Morgan fingerprint density at radius 2 is 1.52 bits per heavy atom. The van der Waals surface area contributed by atoms with Crippen LogP contribution < -0.4 is 5.73 Å². The number of anilines is 1. The molecule has 1 saturated heterocycles. The second kappa shape index (κ2) is 9.42. The largest absolute Gasteiger partial charge is 0.399 e. The number of amides is 2. The van der Waals surface area contributed by atoms with Gasteiger partial charge in [-0.15, -0.1) is 12.4 Å². The highest BCUT2D eigenvalue weighted by atomic mass is 35.5. The van der Waals surface area contributed by atoms with Crippen molar-refractivity contribution in [1.82, 2.24) is 9.80 Å². The molecule has 2 amide bonds.